The van der Waals surface area contributed by atoms with Gasteiger partial charge in [-0.15, -0.1) is 11.3 Å². The number of thiazole rings is 1. The van der Waals surface area contributed by atoms with Gasteiger partial charge in [-0.05, 0) is 23.8 Å². The largest absolute Gasteiger partial charge is 0.361 e. The minimum absolute atomic E-state index is 0.892. The molecule has 92 valence electrons. The van der Waals surface area contributed by atoms with Crippen molar-refractivity contribution in [1.82, 2.24) is 9.97 Å². The lowest BCUT2D eigenvalue weighted by Crippen LogP contribution is -1.84. The summed E-state index contributed by atoms with van der Waals surface area (Å²) in [4.78, 5) is 8.02. The molecule has 0 saturated carbocycles. The Bertz CT molecular complexity index is 824. The third-order valence-corrected chi connectivity index (χ3v) is 4.39. The summed E-state index contributed by atoms with van der Waals surface area (Å²) >= 11 is 1.78. The van der Waals surface area contributed by atoms with Gasteiger partial charge in [0, 0.05) is 23.5 Å². The van der Waals surface area contributed by atoms with Crippen LogP contribution in [-0.4, -0.2) is 9.97 Å². The summed E-state index contributed by atoms with van der Waals surface area (Å²) in [7, 11) is 0. The molecule has 0 spiro atoms. The van der Waals surface area contributed by atoms with Gasteiger partial charge < -0.3 is 4.98 Å². The minimum atomic E-state index is 0.892. The van der Waals surface area contributed by atoms with Gasteiger partial charge in [0.2, 0.25) is 0 Å². The molecule has 0 fully saturated rings. The molecule has 0 aliphatic heterocycles. The van der Waals surface area contributed by atoms with Gasteiger partial charge in [-0.1, -0.05) is 30.3 Å². The molecular formula is C16H12N2S. The molecule has 19 heavy (non-hydrogen) atoms. The Morgan fingerprint density at radius 2 is 1.84 bits per heavy atom. The van der Waals surface area contributed by atoms with E-state index in [1.54, 1.807) is 11.3 Å². The Kier molecular flexibility index (Phi) is 2.38. The first-order chi connectivity index (χ1) is 9.40. The van der Waals surface area contributed by atoms with Gasteiger partial charge in [-0.2, -0.15) is 0 Å². The third kappa shape index (κ3) is 1.83. The molecule has 2 aromatic carbocycles. The van der Waals surface area contributed by atoms with Crippen molar-refractivity contribution in [3.8, 4) is 0 Å². The summed E-state index contributed by atoms with van der Waals surface area (Å²) in [6, 6.07) is 16.7. The summed E-state index contributed by atoms with van der Waals surface area (Å²) in [6.45, 7) is 0. The highest BCUT2D eigenvalue weighted by Crippen LogP contribution is 2.26. The summed E-state index contributed by atoms with van der Waals surface area (Å²) in [5.74, 6) is 0. The maximum Gasteiger partial charge on any atom is 0.0983 e. The van der Waals surface area contributed by atoms with Crippen molar-refractivity contribution in [2.75, 3.05) is 0 Å². The lowest BCUT2D eigenvalue weighted by molar-refractivity contribution is 1.17. The molecule has 2 heterocycles. The van der Waals surface area contributed by atoms with Gasteiger partial charge in [0.05, 0.1) is 15.2 Å². The van der Waals surface area contributed by atoms with Gasteiger partial charge in [-0.25, -0.2) is 4.98 Å². The van der Waals surface area contributed by atoms with Crippen LogP contribution in [0.5, 0.6) is 0 Å². The predicted molar refractivity (Wildman–Crippen MR) is 80.7 cm³/mol. The maximum absolute atomic E-state index is 4.70. The number of rotatable bonds is 2. The Morgan fingerprint density at radius 3 is 2.79 bits per heavy atom. The lowest BCUT2D eigenvalue weighted by atomic mass is 10.1. The summed E-state index contributed by atoms with van der Waals surface area (Å²) < 4.78 is 1.26. The molecule has 2 aromatic heterocycles. The van der Waals surface area contributed by atoms with Crippen LogP contribution in [0.3, 0.4) is 0 Å². The summed E-state index contributed by atoms with van der Waals surface area (Å²) in [6.07, 6.45) is 2.99. The number of fused-ring (bicyclic) bond motifs is 2. The van der Waals surface area contributed by atoms with Crippen molar-refractivity contribution >= 4 is 32.5 Å². The monoisotopic (exact) mass is 264 g/mol. The zero-order valence-electron chi connectivity index (χ0n) is 10.3. The van der Waals surface area contributed by atoms with E-state index in [9.17, 15) is 0 Å². The van der Waals surface area contributed by atoms with E-state index in [0.29, 0.717) is 0 Å². The van der Waals surface area contributed by atoms with E-state index in [1.165, 1.54) is 26.2 Å². The Labute approximate surface area is 114 Å². The number of nitrogens with zero attached hydrogens (tertiary/aromatic N) is 1. The number of hydrogen-bond acceptors (Lipinski definition) is 2. The number of aromatic amines is 1. The van der Waals surface area contributed by atoms with Crippen LogP contribution >= 0.6 is 11.3 Å². The standard InChI is InChI=1S/C16H12N2S/c1-2-6-13-12(5-1)11(10-17-13)9-16-18-14-7-3-4-8-15(14)19-16/h1-8,10,17H,9H2. The Hall–Kier alpha value is -2.13. The van der Waals surface area contributed by atoms with Gasteiger partial charge >= 0.3 is 0 Å². The van der Waals surface area contributed by atoms with Crippen molar-refractivity contribution in [2.45, 2.75) is 6.42 Å². The second-order valence-corrected chi connectivity index (χ2v) is 5.73. The minimum Gasteiger partial charge on any atom is -0.361 e. The van der Waals surface area contributed by atoms with Crippen LogP contribution < -0.4 is 0 Å². The van der Waals surface area contributed by atoms with E-state index in [2.05, 4.69) is 53.6 Å². The first-order valence-corrected chi connectivity index (χ1v) is 7.11. The molecule has 1 N–H and O–H groups in total. The van der Waals surface area contributed by atoms with Gasteiger partial charge in [-0.3, -0.25) is 0 Å². The lowest BCUT2D eigenvalue weighted by Gasteiger charge is -1.94. The first-order valence-electron chi connectivity index (χ1n) is 6.29. The van der Waals surface area contributed by atoms with Crippen LogP contribution in [0.1, 0.15) is 10.6 Å². The van der Waals surface area contributed by atoms with Crippen LogP contribution in [0.25, 0.3) is 21.1 Å². The summed E-state index contributed by atoms with van der Waals surface area (Å²) in [5.41, 5.74) is 3.61. The molecule has 3 heteroatoms. The predicted octanol–water partition coefficient (Wildman–Crippen LogP) is 4.37. The molecule has 2 nitrogen and oxygen atoms in total. The molecule has 0 atom stereocenters. The second kappa shape index (κ2) is 4.21. The molecule has 4 rings (SSSR count). The van der Waals surface area contributed by atoms with Crippen molar-refractivity contribution in [1.29, 1.82) is 0 Å². The van der Waals surface area contributed by atoms with Crippen LogP contribution in [0, 0.1) is 0 Å². The second-order valence-electron chi connectivity index (χ2n) is 4.61. The fourth-order valence-electron chi connectivity index (χ4n) is 2.44. The molecule has 0 radical (unpaired) electrons. The normalized spacial score (nSPS) is 11.4. The molecular weight excluding hydrogens is 252 g/mol. The number of hydrogen-bond donors (Lipinski definition) is 1. The molecule has 0 aliphatic carbocycles. The molecule has 0 aliphatic rings. The van der Waals surface area contributed by atoms with Crippen molar-refractivity contribution < 1.29 is 0 Å². The van der Waals surface area contributed by atoms with E-state index in [1.807, 2.05) is 6.07 Å². The Morgan fingerprint density at radius 1 is 1.00 bits per heavy atom. The number of benzene rings is 2. The maximum atomic E-state index is 4.70. The first kappa shape index (κ1) is 10.8. The summed E-state index contributed by atoms with van der Waals surface area (Å²) in [5, 5.41) is 2.47. The Balaban J connectivity index is 1.78. The highest BCUT2D eigenvalue weighted by atomic mass is 32.1. The van der Waals surface area contributed by atoms with Crippen molar-refractivity contribution in [3.05, 3.63) is 65.3 Å². The SMILES string of the molecule is c1ccc2sc(Cc3c[nH]c4ccccc34)nc2c1. The van der Waals surface area contributed by atoms with E-state index < -0.39 is 0 Å². The van der Waals surface area contributed by atoms with Crippen molar-refractivity contribution in [2.24, 2.45) is 0 Å². The molecule has 0 bridgehead atoms. The van der Waals surface area contributed by atoms with E-state index in [-0.39, 0.29) is 0 Å². The third-order valence-electron chi connectivity index (χ3n) is 3.35. The van der Waals surface area contributed by atoms with Crippen LogP contribution in [0.4, 0.5) is 0 Å². The van der Waals surface area contributed by atoms with Gasteiger partial charge in [0.25, 0.3) is 0 Å². The molecule has 0 amide bonds. The fourth-order valence-corrected chi connectivity index (χ4v) is 3.43. The smallest absolute Gasteiger partial charge is 0.0983 e. The zero-order chi connectivity index (χ0) is 12.7. The highest BCUT2D eigenvalue weighted by molar-refractivity contribution is 7.18. The van der Waals surface area contributed by atoms with Crippen LogP contribution in [0.15, 0.2) is 54.7 Å². The number of para-hydroxylation sites is 2. The number of aromatic nitrogens is 2. The van der Waals surface area contributed by atoms with Crippen molar-refractivity contribution in [3.63, 3.8) is 0 Å². The quantitative estimate of drug-likeness (QED) is 0.572. The average Bonchev–Trinajstić information content (AvgIpc) is 3.03. The zero-order valence-corrected chi connectivity index (χ0v) is 11.1. The van der Waals surface area contributed by atoms with E-state index >= 15 is 0 Å². The number of H-pyrrole nitrogens is 1. The van der Waals surface area contributed by atoms with Gasteiger partial charge in [0.1, 0.15) is 0 Å². The fraction of sp³-hybridized carbons (Fsp3) is 0.0625. The molecule has 0 unspecified atom stereocenters. The van der Waals surface area contributed by atoms with Crippen LogP contribution in [0.2, 0.25) is 0 Å². The average molecular weight is 264 g/mol. The molecule has 0 saturated heterocycles. The van der Waals surface area contributed by atoms with Crippen LogP contribution in [-0.2, 0) is 6.42 Å². The molecule has 4 aromatic rings. The van der Waals surface area contributed by atoms with Gasteiger partial charge in [0.15, 0.2) is 0 Å². The van der Waals surface area contributed by atoms with E-state index in [4.69, 9.17) is 4.98 Å². The topological polar surface area (TPSA) is 28.7 Å². The highest BCUT2D eigenvalue weighted by Gasteiger charge is 2.07. The number of nitrogens with one attached hydrogen (secondary N) is 1. The van der Waals surface area contributed by atoms with E-state index in [0.717, 1.165) is 11.9 Å².